The Bertz CT molecular complexity index is 265. The van der Waals surface area contributed by atoms with Crippen LogP contribution < -0.4 is 5.32 Å². The topological polar surface area (TPSA) is 66.4 Å². The van der Waals surface area contributed by atoms with E-state index in [2.05, 4.69) is 12.2 Å². The van der Waals surface area contributed by atoms with Crippen LogP contribution in [0.2, 0.25) is 0 Å². The number of carbonyl (C=O) groups excluding carboxylic acids is 1. The summed E-state index contributed by atoms with van der Waals surface area (Å²) in [4.78, 5) is 22.8. The van der Waals surface area contributed by atoms with E-state index in [0.717, 1.165) is 12.8 Å². The number of hydrogen-bond acceptors (Lipinski definition) is 2. The number of amides is 1. The summed E-state index contributed by atoms with van der Waals surface area (Å²) >= 11 is 0. The number of unbranched alkanes of at least 4 members (excludes halogenated alkanes) is 1. The predicted molar refractivity (Wildman–Crippen MR) is 60.9 cm³/mol. The number of hydrogen-bond donors (Lipinski definition) is 2. The number of nitrogens with one attached hydrogen (secondary N) is 1. The second-order valence-corrected chi connectivity index (χ2v) is 4.77. The summed E-state index contributed by atoms with van der Waals surface area (Å²) in [5.41, 5.74) is 0. The van der Waals surface area contributed by atoms with Crippen LogP contribution in [-0.4, -0.2) is 23.5 Å². The van der Waals surface area contributed by atoms with Crippen molar-refractivity contribution >= 4 is 11.9 Å². The highest BCUT2D eigenvalue weighted by Crippen LogP contribution is 2.36. The summed E-state index contributed by atoms with van der Waals surface area (Å²) in [6, 6.07) is 0. The molecule has 1 unspecified atom stereocenters. The van der Waals surface area contributed by atoms with Crippen molar-refractivity contribution in [2.45, 2.75) is 39.5 Å². The zero-order valence-corrected chi connectivity index (χ0v) is 10.0. The van der Waals surface area contributed by atoms with Gasteiger partial charge in [0, 0.05) is 6.54 Å². The molecule has 4 nitrogen and oxygen atoms in total. The van der Waals surface area contributed by atoms with Crippen molar-refractivity contribution in [3.05, 3.63) is 0 Å². The van der Waals surface area contributed by atoms with Crippen molar-refractivity contribution < 1.29 is 14.7 Å². The molecule has 1 aliphatic carbocycles. The summed E-state index contributed by atoms with van der Waals surface area (Å²) in [5, 5.41) is 11.9. The average molecular weight is 227 g/mol. The van der Waals surface area contributed by atoms with Crippen molar-refractivity contribution in [3.63, 3.8) is 0 Å². The first-order chi connectivity index (χ1) is 7.56. The van der Waals surface area contributed by atoms with Gasteiger partial charge in [0.1, 0.15) is 0 Å². The minimum atomic E-state index is -0.833. The minimum absolute atomic E-state index is 0.0785. The van der Waals surface area contributed by atoms with Crippen LogP contribution in [0.1, 0.15) is 39.5 Å². The highest BCUT2D eigenvalue weighted by molar-refractivity contribution is 5.85. The minimum Gasteiger partial charge on any atom is -0.481 e. The smallest absolute Gasteiger partial charge is 0.307 e. The first-order valence-corrected chi connectivity index (χ1v) is 6.06. The Labute approximate surface area is 96.4 Å². The van der Waals surface area contributed by atoms with Crippen LogP contribution in [0.15, 0.2) is 0 Å². The molecule has 0 aliphatic heterocycles. The van der Waals surface area contributed by atoms with E-state index >= 15 is 0 Å². The highest BCUT2D eigenvalue weighted by Gasteiger charge is 2.40. The molecule has 0 radical (unpaired) electrons. The molecule has 92 valence electrons. The van der Waals surface area contributed by atoms with Crippen LogP contribution in [0.3, 0.4) is 0 Å². The Hall–Kier alpha value is -1.06. The van der Waals surface area contributed by atoms with Crippen molar-refractivity contribution in [2.24, 2.45) is 17.8 Å². The number of carbonyl (C=O) groups is 2. The fourth-order valence-electron chi connectivity index (χ4n) is 2.37. The van der Waals surface area contributed by atoms with Gasteiger partial charge >= 0.3 is 5.97 Å². The molecule has 0 aromatic rings. The van der Waals surface area contributed by atoms with Gasteiger partial charge in [-0.05, 0) is 25.2 Å². The molecule has 0 bridgehead atoms. The zero-order chi connectivity index (χ0) is 12.1. The molecule has 2 N–H and O–H groups in total. The van der Waals surface area contributed by atoms with E-state index < -0.39 is 11.9 Å². The quantitative estimate of drug-likeness (QED) is 0.702. The molecule has 16 heavy (non-hydrogen) atoms. The monoisotopic (exact) mass is 227 g/mol. The van der Waals surface area contributed by atoms with E-state index in [1.165, 1.54) is 0 Å². The fraction of sp³-hybridized carbons (Fsp3) is 0.833. The van der Waals surface area contributed by atoms with Crippen molar-refractivity contribution in [1.29, 1.82) is 0 Å². The Morgan fingerprint density at radius 2 is 1.94 bits per heavy atom. The molecule has 0 aromatic carbocycles. The molecule has 0 aromatic heterocycles. The lowest BCUT2D eigenvalue weighted by Gasteiger charge is -2.15. The number of carboxylic acid groups (broad SMARTS) is 1. The number of rotatable bonds is 5. The third-order valence-corrected chi connectivity index (χ3v) is 3.28. The maximum absolute atomic E-state index is 11.8. The lowest BCUT2D eigenvalue weighted by Crippen LogP contribution is -2.35. The second-order valence-electron chi connectivity index (χ2n) is 4.77. The molecular formula is C12H21NO3. The van der Waals surface area contributed by atoms with Crippen molar-refractivity contribution in [2.75, 3.05) is 6.54 Å². The Kier molecular flexibility index (Phi) is 4.77. The van der Waals surface area contributed by atoms with Gasteiger partial charge in [-0.3, -0.25) is 9.59 Å². The van der Waals surface area contributed by atoms with Crippen molar-refractivity contribution in [3.8, 4) is 0 Å². The van der Waals surface area contributed by atoms with E-state index in [1.54, 1.807) is 0 Å². The maximum Gasteiger partial charge on any atom is 0.307 e. The van der Waals surface area contributed by atoms with E-state index in [1.807, 2.05) is 6.92 Å². The van der Waals surface area contributed by atoms with Crippen LogP contribution in [-0.2, 0) is 9.59 Å². The molecule has 1 amide bonds. The second kappa shape index (κ2) is 5.87. The van der Waals surface area contributed by atoms with E-state index in [9.17, 15) is 9.59 Å². The summed E-state index contributed by atoms with van der Waals surface area (Å²) in [7, 11) is 0. The summed E-state index contributed by atoms with van der Waals surface area (Å²) in [5.74, 6) is -1.39. The molecular weight excluding hydrogens is 206 g/mol. The molecule has 1 aliphatic rings. The van der Waals surface area contributed by atoms with Gasteiger partial charge in [-0.25, -0.2) is 0 Å². The Morgan fingerprint density at radius 1 is 1.31 bits per heavy atom. The molecule has 1 fully saturated rings. The van der Waals surface area contributed by atoms with Crippen LogP contribution in [0.5, 0.6) is 0 Å². The normalized spacial score (nSPS) is 29.0. The van der Waals surface area contributed by atoms with Gasteiger partial charge in [-0.15, -0.1) is 0 Å². The van der Waals surface area contributed by atoms with Gasteiger partial charge < -0.3 is 10.4 Å². The third kappa shape index (κ3) is 3.22. The van der Waals surface area contributed by atoms with Gasteiger partial charge in [0.05, 0.1) is 11.8 Å². The van der Waals surface area contributed by atoms with E-state index in [4.69, 9.17) is 5.11 Å². The Morgan fingerprint density at radius 3 is 2.50 bits per heavy atom. The molecule has 0 heterocycles. The molecule has 0 saturated heterocycles. The summed E-state index contributed by atoms with van der Waals surface area (Å²) in [6.07, 6.45) is 3.31. The zero-order valence-electron chi connectivity index (χ0n) is 10.0. The van der Waals surface area contributed by atoms with Gasteiger partial charge in [0.2, 0.25) is 5.91 Å². The summed E-state index contributed by atoms with van der Waals surface area (Å²) in [6.45, 7) is 4.73. The standard InChI is InChI=1S/C12H21NO3/c1-3-4-5-13-11(14)9-6-8(2)7-10(9)12(15)16/h8-10H,3-7H2,1-2H3,(H,13,14)(H,15,16)/t8?,9-,10+/m0/s1. The first-order valence-electron chi connectivity index (χ1n) is 6.06. The van der Waals surface area contributed by atoms with Crippen molar-refractivity contribution in [1.82, 2.24) is 5.32 Å². The number of carboxylic acids is 1. The fourth-order valence-corrected chi connectivity index (χ4v) is 2.37. The van der Waals surface area contributed by atoms with Gasteiger partial charge in [-0.2, -0.15) is 0 Å². The van der Waals surface area contributed by atoms with Gasteiger partial charge in [-0.1, -0.05) is 20.3 Å². The molecule has 3 atom stereocenters. The van der Waals surface area contributed by atoms with Crippen LogP contribution >= 0.6 is 0 Å². The summed E-state index contributed by atoms with van der Waals surface area (Å²) < 4.78 is 0. The van der Waals surface area contributed by atoms with Crippen LogP contribution in [0.25, 0.3) is 0 Å². The SMILES string of the molecule is CCCCNC(=O)[C@H]1CC(C)C[C@H]1C(=O)O. The van der Waals surface area contributed by atoms with E-state index in [-0.39, 0.29) is 11.8 Å². The maximum atomic E-state index is 11.8. The predicted octanol–water partition coefficient (Wildman–Crippen LogP) is 1.65. The van der Waals surface area contributed by atoms with Gasteiger partial charge in [0.25, 0.3) is 0 Å². The van der Waals surface area contributed by atoms with Crippen LogP contribution in [0.4, 0.5) is 0 Å². The lowest BCUT2D eigenvalue weighted by atomic mass is 9.95. The molecule has 4 heteroatoms. The van der Waals surface area contributed by atoms with Gasteiger partial charge in [0.15, 0.2) is 0 Å². The lowest BCUT2D eigenvalue weighted by molar-refractivity contribution is -0.146. The largest absolute Gasteiger partial charge is 0.481 e. The molecule has 1 saturated carbocycles. The molecule has 1 rings (SSSR count). The van der Waals surface area contributed by atoms with Crippen LogP contribution in [0, 0.1) is 17.8 Å². The van der Waals surface area contributed by atoms with E-state index in [0.29, 0.717) is 25.3 Å². The highest BCUT2D eigenvalue weighted by atomic mass is 16.4. The third-order valence-electron chi connectivity index (χ3n) is 3.28. The Balaban J connectivity index is 2.50. The molecule has 0 spiro atoms. The average Bonchev–Trinajstić information content (AvgIpc) is 2.61. The number of aliphatic carboxylic acids is 1. The first kappa shape index (κ1) is 13.0.